The zero-order chi connectivity index (χ0) is 13.3. The van der Waals surface area contributed by atoms with Gasteiger partial charge in [-0.2, -0.15) is 0 Å². The summed E-state index contributed by atoms with van der Waals surface area (Å²) >= 11 is 0. The Kier molecular flexibility index (Phi) is 5.06. The van der Waals surface area contributed by atoms with E-state index in [0.717, 1.165) is 12.2 Å². The molecule has 0 saturated heterocycles. The molecule has 0 aliphatic rings. The third-order valence-corrected chi connectivity index (χ3v) is 2.75. The van der Waals surface area contributed by atoms with Crippen LogP contribution in [-0.4, -0.2) is 12.7 Å². The molecule has 1 atom stereocenters. The maximum atomic E-state index is 5.95. The molecule has 98 valence electrons. The van der Waals surface area contributed by atoms with Crippen LogP contribution in [0.4, 0.5) is 0 Å². The highest BCUT2D eigenvalue weighted by Gasteiger charge is 2.11. The van der Waals surface area contributed by atoms with Crippen molar-refractivity contribution in [3.8, 4) is 5.75 Å². The molecule has 0 aliphatic carbocycles. The molecule has 0 spiro atoms. The van der Waals surface area contributed by atoms with E-state index in [1.807, 2.05) is 48.5 Å². The lowest BCUT2D eigenvalue weighted by Crippen LogP contribution is -2.24. The van der Waals surface area contributed by atoms with Crippen molar-refractivity contribution >= 4 is 0 Å². The topological polar surface area (TPSA) is 18.5 Å². The third-order valence-electron chi connectivity index (χ3n) is 2.75. The summed E-state index contributed by atoms with van der Waals surface area (Å²) in [6.45, 7) is 4.06. The normalized spacial score (nSPS) is 11.6. The van der Waals surface area contributed by atoms with Crippen LogP contribution in [0.1, 0.15) is 5.56 Å². The fourth-order valence-corrected chi connectivity index (χ4v) is 1.88. The molecule has 19 heavy (non-hydrogen) atoms. The molecule has 0 fully saturated rings. The summed E-state index contributed by atoms with van der Waals surface area (Å²) in [5.41, 5.74) is 1.23. The SMILES string of the molecule is C=COCC(Cc1ccccc1)Oc1ccccc1. The van der Waals surface area contributed by atoms with Crippen LogP contribution >= 0.6 is 0 Å². The van der Waals surface area contributed by atoms with E-state index >= 15 is 0 Å². The van der Waals surface area contributed by atoms with Gasteiger partial charge in [-0.25, -0.2) is 0 Å². The molecule has 2 nitrogen and oxygen atoms in total. The molecule has 0 saturated carbocycles. The summed E-state index contributed by atoms with van der Waals surface area (Å²) in [5.74, 6) is 0.857. The van der Waals surface area contributed by atoms with Crippen molar-refractivity contribution in [3.63, 3.8) is 0 Å². The van der Waals surface area contributed by atoms with Crippen LogP contribution in [0.5, 0.6) is 5.75 Å². The highest BCUT2D eigenvalue weighted by Crippen LogP contribution is 2.14. The molecule has 1 unspecified atom stereocenters. The van der Waals surface area contributed by atoms with E-state index in [1.54, 1.807) is 0 Å². The molecule has 2 rings (SSSR count). The highest BCUT2D eigenvalue weighted by atomic mass is 16.5. The minimum atomic E-state index is -0.0252. The first-order chi connectivity index (χ1) is 9.38. The van der Waals surface area contributed by atoms with Gasteiger partial charge in [0, 0.05) is 6.42 Å². The van der Waals surface area contributed by atoms with Crippen molar-refractivity contribution in [1.29, 1.82) is 0 Å². The first-order valence-corrected chi connectivity index (χ1v) is 6.36. The molecular weight excluding hydrogens is 236 g/mol. The molecule has 0 amide bonds. The summed E-state index contributed by atoms with van der Waals surface area (Å²) in [4.78, 5) is 0. The Bertz CT molecular complexity index is 438. The van der Waals surface area contributed by atoms with E-state index < -0.39 is 0 Å². The van der Waals surface area contributed by atoms with Gasteiger partial charge in [-0.1, -0.05) is 55.1 Å². The molecule has 0 radical (unpaired) electrons. The van der Waals surface area contributed by atoms with E-state index in [4.69, 9.17) is 9.47 Å². The molecule has 0 heterocycles. The lowest BCUT2D eigenvalue weighted by Gasteiger charge is -2.18. The van der Waals surface area contributed by atoms with Crippen molar-refractivity contribution in [2.45, 2.75) is 12.5 Å². The van der Waals surface area contributed by atoms with Crippen molar-refractivity contribution < 1.29 is 9.47 Å². The van der Waals surface area contributed by atoms with Crippen molar-refractivity contribution in [2.75, 3.05) is 6.61 Å². The third kappa shape index (κ3) is 4.51. The average molecular weight is 254 g/mol. The quantitative estimate of drug-likeness (QED) is 0.699. The van der Waals surface area contributed by atoms with Gasteiger partial charge < -0.3 is 9.47 Å². The number of ether oxygens (including phenoxy) is 2. The van der Waals surface area contributed by atoms with Crippen LogP contribution < -0.4 is 4.74 Å². The Balaban J connectivity index is 2.01. The standard InChI is InChI=1S/C17H18O2/c1-2-18-14-17(13-15-9-5-3-6-10-15)19-16-11-7-4-8-12-16/h2-12,17H,1,13-14H2. The lowest BCUT2D eigenvalue weighted by molar-refractivity contribution is 0.103. The fourth-order valence-electron chi connectivity index (χ4n) is 1.88. The summed E-state index contributed by atoms with van der Waals surface area (Å²) < 4.78 is 11.2. The van der Waals surface area contributed by atoms with Gasteiger partial charge in [0.05, 0.1) is 6.26 Å². The summed E-state index contributed by atoms with van der Waals surface area (Å²) in [5, 5.41) is 0. The lowest BCUT2D eigenvalue weighted by atomic mass is 10.1. The van der Waals surface area contributed by atoms with Crippen LogP contribution in [0.2, 0.25) is 0 Å². The van der Waals surface area contributed by atoms with Gasteiger partial charge in [0.25, 0.3) is 0 Å². The van der Waals surface area contributed by atoms with E-state index in [1.165, 1.54) is 11.8 Å². The van der Waals surface area contributed by atoms with Crippen LogP contribution in [0.3, 0.4) is 0 Å². The van der Waals surface area contributed by atoms with Gasteiger partial charge in [-0.05, 0) is 17.7 Å². The number of hydrogen-bond acceptors (Lipinski definition) is 2. The summed E-state index contributed by atoms with van der Waals surface area (Å²) in [7, 11) is 0. The minimum Gasteiger partial charge on any atom is -0.498 e. The zero-order valence-electron chi connectivity index (χ0n) is 10.9. The van der Waals surface area contributed by atoms with Crippen LogP contribution in [0, 0.1) is 0 Å². The fraction of sp³-hybridized carbons (Fsp3) is 0.176. The molecular formula is C17H18O2. The second-order valence-electron chi connectivity index (χ2n) is 4.24. The molecule has 0 bridgehead atoms. The largest absolute Gasteiger partial charge is 0.498 e. The van der Waals surface area contributed by atoms with Crippen LogP contribution in [0.25, 0.3) is 0 Å². The van der Waals surface area contributed by atoms with Gasteiger partial charge in [0.1, 0.15) is 18.5 Å². The van der Waals surface area contributed by atoms with E-state index in [9.17, 15) is 0 Å². The van der Waals surface area contributed by atoms with Crippen molar-refractivity contribution in [1.82, 2.24) is 0 Å². The Morgan fingerprint density at radius 2 is 1.58 bits per heavy atom. The molecule has 0 aromatic heterocycles. The van der Waals surface area contributed by atoms with Gasteiger partial charge in [-0.3, -0.25) is 0 Å². The maximum Gasteiger partial charge on any atom is 0.137 e. The number of rotatable bonds is 7. The molecule has 2 heteroatoms. The van der Waals surface area contributed by atoms with E-state index in [0.29, 0.717) is 6.61 Å². The molecule has 0 N–H and O–H groups in total. The van der Waals surface area contributed by atoms with E-state index in [2.05, 4.69) is 18.7 Å². The number of para-hydroxylation sites is 1. The highest BCUT2D eigenvalue weighted by molar-refractivity contribution is 5.22. The zero-order valence-corrected chi connectivity index (χ0v) is 10.9. The monoisotopic (exact) mass is 254 g/mol. The average Bonchev–Trinajstić information content (AvgIpc) is 2.47. The molecule has 2 aromatic rings. The Morgan fingerprint density at radius 3 is 2.21 bits per heavy atom. The van der Waals surface area contributed by atoms with Gasteiger partial charge in [0.2, 0.25) is 0 Å². The van der Waals surface area contributed by atoms with Crippen molar-refractivity contribution in [3.05, 3.63) is 79.1 Å². The van der Waals surface area contributed by atoms with Gasteiger partial charge >= 0.3 is 0 Å². The predicted octanol–water partition coefficient (Wildman–Crippen LogP) is 3.84. The first-order valence-electron chi connectivity index (χ1n) is 6.36. The maximum absolute atomic E-state index is 5.95. The predicted molar refractivity (Wildman–Crippen MR) is 77.2 cm³/mol. The Morgan fingerprint density at radius 1 is 0.947 bits per heavy atom. The number of benzene rings is 2. The summed E-state index contributed by atoms with van der Waals surface area (Å²) in [6, 6.07) is 20.1. The minimum absolute atomic E-state index is 0.0252. The molecule has 2 aromatic carbocycles. The van der Waals surface area contributed by atoms with Crippen molar-refractivity contribution in [2.24, 2.45) is 0 Å². The first kappa shape index (κ1) is 13.2. The van der Waals surface area contributed by atoms with Crippen LogP contribution in [-0.2, 0) is 11.2 Å². The Labute approximate surface area is 114 Å². The van der Waals surface area contributed by atoms with Crippen LogP contribution in [0.15, 0.2) is 73.5 Å². The summed E-state index contributed by atoms with van der Waals surface area (Å²) in [6.07, 6.45) is 2.23. The van der Waals surface area contributed by atoms with Gasteiger partial charge in [0.15, 0.2) is 0 Å². The van der Waals surface area contributed by atoms with E-state index in [-0.39, 0.29) is 6.10 Å². The second-order valence-corrected chi connectivity index (χ2v) is 4.24. The Hall–Kier alpha value is -2.22. The second kappa shape index (κ2) is 7.27. The van der Waals surface area contributed by atoms with Gasteiger partial charge in [-0.15, -0.1) is 0 Å². The number of hydrogen-bond donors (Lipinski definition) is 0. The molecule has 0 aliphatic heterocycles. The smallest absolute Gasteiger partial charge is 0.137 e.